The molecule has 0 aromatic carbocycles. The summed E-state index contributed by atoms with van der Waals surface area (Å²) in [5.74, 6) is -2.33. The van der Waals surface area contributed by atoms with E-state index in [1.807, 2.05) is 27.7 Å². The van der Waals surface area contributed by atoms with Crippen molar-refractivity contribution in [3.63, 3.8) is 0 Å². The maximum atomic E-state index is 14.2. The molecule has 0 aliphatic carbocycles. The summed E-state index contributed by atoms with van der Waals surface area (Å²) in [6, 6.07) is -0.575. The Morgan fingerprint density at radius 3 is 2.33 bits per heavy atom. The van der Waals surface area contributed by atoms with E-state index in [0.29, 0.717) is 18.6 Å². The van der Waals surface area contributed by atoms with E-state index in [0.717, 1.165) is 5.57 Å². The summed E-state index contributed by atoms with van der Waals surface area (Å²) in [5, 5.41) is 44.6. The molecule has 13 nitrogen and oxygen atoms in total. The molecule has 4 rings (SSSR count). The minimum Gasteiger partial charge on any atom is -0.488 e. The molecule has 13 heteroatoms. The predicted molar refractivity (Wildman–Crippen MR) is 174 cm³/mol. The Labute approximate surface area is 285 Å². The third kappa shape index (κ3) is 7.46. The third-order valence-electron chi connectivity index (χ3n) is 11.3. The van der Waals surface area contributed by atoms with Gasteiger partial charge in [-0.15, -0.1) is 0 Å². The van der Waals surface area contributed by atoms with Gasteiger partial charge < -0.3 is 59.3 Å². The van der Waals surface area contributed by atoms with Gasteiger partial charge in [-0.25, -0.2) is 0 Å². The van der Waals surface area contributed by atoms with Crippen LogP contribution in [0.5, 0.6) is 0 Å². The van der Waals surface area contributed by atoms with Crippen molar-refractivity contribution in [1.29, 1.82) is 0 Å². The first kappa shape index (κ1) is 39.4. The standard InChI is InChI=1S/C35H61NO12/c1-12-23(37)35(10,41)30-18(4)26-16(2)14-34(9,48-26)29(47-32-25(38)22(36)13-17(3)43-32)19(5)27(20(6)31(40)46-30)45-24-15-33(8,42-11)28(39)21(7)44-24/h17-25,27-30,32,37-39,41H,12-15,36H2,1-11H3/t17?,18-,19-,20+,21?,22?,23+,24-,25?,27-,28-,29+,30+,32-,33?,34-,35+/m0/s1. The lowest BCUT2D eigenvalue weighted by atomic mass is 9.78. The fourth-order valence-electron chi connectivity index (χ4n) is 8.27. The second-order valence-electron chi connectivity index (χ2n) is 15.5. The number of carbonyl (C=O) groups excluding carboxylic acids is 1. The average Bonchev–Trinajstić information content (AvgIpc) is 3.34. The van der Waals surface area contributed by atoms with Crippen LogP contribution in [0.4, 0.5) is 0 Å². The van der Waals surface area contributed by atoms with Crippen LogP contribution in [0, 0.1) is 17.8 Å². The number of aliphatic hydroxyl groups is 4. The van der Waals surface area contributed by atoms with Gasteiger partial charge in [-0.05, 0) is 66.9 Å². The van der Waals surface area contributed by atoms with Crippen molar-refractivity contribution in [2.75, 3.05) is 7.11 Å². The van der Waals surface area contributed by atoms with Crippen LogP contribution >= 0.6 is 0 Å². The summed E-state index contributed by atoms with van der Waals surface area (Å²) >= 11 is 0. The number of hydrogen-bond acceptors (Lipinski definition) is 13. The van der Waals surface area contributed by atoms with Gasteiger partial charge in [0.1, 0.15) is 41.4 Å². The van der Waals surface area contributed by atoms with Gasteiger partial charge in [0.15, 0.2) is 12.6 Å². The summed E-state index contributed by atoms with van der Waals surface area (Å²) < 4.78 is 44.3. The van der Waals surface area contributed by atoms with Gasteiger partial charge in [-0.1, -0.05) is 20.8 Å². The molecule has 0 saturated carbocycles. The van der Waals surface area contributed by atoms with Gasteiger partial charge in [0.25, 0.3) is 0 Å². The number of aliphatic hydroxyl groups excluding tert-OH is 3. The minimum atomic E-state index is -1.82. The number of cyclic esters (lactones) is 1. The van der Waals surface area contributed by atoms with E-state index >= 15 is 0 Å². The fourth-order valence-corrected chi connectivity index (χ4v) is 8.27. The lowest BCUT2D eigenvalue weighted by molar-refractivity contribution is -0.313. The number of nitrogens with two attached hydrogens (primary N) is 1. The molecule has 0 radical (unpaired) electrons. The quantitative estimate of drug-likeness (QED) is 0.234. The Kier molecular flexibility index (Phi) is 12.1. The van der Waals surface area contributed by atoms with Gasteiger partial charge >= 0.3 is 5.97 Å². The first-order valence-corrected chi connectivity index (χ1v) is 17.5. The SMILES string of the molecule is CC[C@@H](O)[C@@](C)(O)[C@@H]1OC(=O)[C@H](C)[C@@H](O[C@H]2CC(C)(OC)[C@@H](O)C(C)O2)[C@H](C)[C@@H](O[C@@H]2OC(C)CC(N)C2O)[C@]2(C)CC(C)=C(O2)[C@@H]1C. The summed E-state index contributed by atoms with van der Waals surface area (Å²) in [6.45, 7) is 17.8. The molecule has 0 aromatic heterocycles. The van der Waals surface area contributed by atoms with Gasteiger partial charge in [-0.3, -0.25) is 4.79 Å². The van der Waals surface area contributed by atoms with Gasteiger partial charge in [-0.2, -0.15) is 0 Å². The molecule has 5 unspecified atom stereocenters. The molecule has 278 valence electrons. The number of rotatable bonds is 8. The topological polar surface area (TPSA) is 189 Å². The van der Waals surface area contributed by atoms with E-state index < -0.39 is 102 Å². The summed E-state index contributed by atoms with van der Waals surface area (Å²) in [6.07, 6.45) is -7.80. The maximum Gasteiger partial charge on any atom is 0.311 e. The molecular formula is C35H61NO12. The Hall–Kier alpha value is -1.39. The van der Waals surface area contributed by atoms with E-state index in [4.69, 9.17) is 38.9 Å². The summed E-state index contributed by atoms with van der Waals surface area (Å²) in [7, 11) is 1.52. The van der Waals surface area contributed by atoms with Crippen LogP contribution in [0.2, 0.25) is 0 Å². The number of methoxy groups -OCH3 is 1. The van der Waals surface area contributed by atoms with Crippen LogP contribution in [0.15, 0.2) is 11.3 Å². The van der Waals surface area contributed by atoms with E-state index in [9.17, 15) is 25.2 Å². The van der Waals surface area contributed by atoms with Gasteiger partial charge in [0.05, 0.1) is 41.9 Å². The Bertz CT molecular complexity index is 1170. The highest BCUT2D eigenvalue weighted by Crippen LogP contribution is 2.48. The highest BCUT2D eigenvalue weighted by atomic mass is 16.7. The maximum absolute atomic E-state index is 14.2. The molecule has 3 saturated heterocycles. The first-order chi connectivity index (χ1) is 22.2. The van der Waals surface area contributed by atoms with Crippen LogP contribution in [0.25, 0.3) is 0 Å². The largest absolute Gasteiger partial charge is 0.488 e. The van der Waals surface area contributed by atoms with Gasteiger partial charge in [0.2, 0.25) is 0 Å². The van der Waals surface area contributed by atoms with Crippen molar-refractivity contribution in [2.45, 2.75) is 179 Å². The molecule has 0 spiro atoms. The van der Waals surface area contributed by atoms with Crippen LogP contribution in [0.1, 0.15) is 94.9 Å². The monoisotopic (exact) mass is 687 g/mol. The molecule has 0 aromatic rings. The number of esters is 1. The van der Waals surface area contributed by atoms with Crippen LogP contribution < -0.4 is 5.73 Å². The normalized spacial score (nSPS) is 47.8. The average molecular weight is 688 g/mol. The van der Waals surface area contributed by atoms with Crippen molar-refractivity contribution in [2.24, 2.45) is 23.5 Å². The van der Waals surface area contributed by atoms with E-state index in [-0.39, 0.29) is 18.9 Å². The molecule has 4 heterocycles. The molecule has 0 amide bonds. The highest BCUT2D eigenvalue weighted by Gasteiger charge is 2.56. The minimum absolute atomic E-state index is 0.165. The molecule has 2 bridgehead atoms. The van der Waals surface area contributed by atoms with Crippen molar-refractivity contribution in [3.05, 3.63) is 11.3 Å². The smallest absolute Gasteiger partial charge is 0.311 e. The van der Waals surface area contributed by atoms with Crippen LogP contribution in [0.3, 0.4) is 0 Å². The van der Waals surface area contributed by atoms with E-state index in [1.165, 1.54) is 14.0 Å². The van der Waals surface area contributed by atoms with Crippen LogP contribution in [-0.4, -0.2) is 118 Å². The second-order valence-corrected chi connectivity index (χ2v) is 15.5. The van der Waals surface area contributed by atoms with E-state index in [2.05, 4.69) is 0 Å². The highest BCUT2D eigenvalue weighted by molar-refractivity contribution is 5.73. The summed E-state index contributed by atoms with van der Waals surface area (Å²) in [4.78, 5) is 14.2. The molecule has 17 atom stereocenters. The molecule has 4 aliphatic rings. The number of hydrogen-bond donors (Lipinski definition) is 5. The lowest BCUT2D eigenvalue weighted by Crippen LogP contribution is -2.60. The zero-order valence-corrected chi connectivity index (χ0v) is 30.5. The molecule has 4 aliphatic heterocycles. The number of carbonyl (C=O) groups is 1. The molecular weight excluding hydrogens is 626 g/mol. The predicted octanol–water partition coefficient (Wildman–Crippen LogP) is 2.29. The number of ether oxygens (including phenoxy) is 7. The first-order valence-electron chi connectivity index (χ1n) is 17.5. The Morgan fingerprint density at radius 2 is 1.73 bits per heavy atom. The number of fused-ring (bicyclic) bond motifs is 2. The van der Waals surface area contributed by atoms with Crippen molar-refractivity contribution in [1.82, 2.24) is 0 Å². The molecule has 48 heavy (non-hydrogen) atoms. The van der Waals surface area contributed by atoms with Crippen molar-refractivity contribution >= 4 is 5.97 Å². The Morgan fingerprint density at radius 1 is 1.08 bits per heavy atom. The second kappa shape index (κ2) is 14.7. The van der Waals surface area contributed by atoms with Crippen LogP contribution in [-0.2, 0) is 38.0 Å². The zero-order valence-electron chi connectivity index (χ0n) is 30.5. The van der Waals surface area contributed by atoms with Crippen molar-refractivity contribution < 1.29 is 58.4 Å². The zero-order chi connectivity index (χ0) is 36.1. The third-order valence-corrected chi connectivity index (χ3v) is 11.3. The van der Waals surface area contributed by atoms with Crippen molar-refractivity contribution in [3.8, 4) is 0 Å². The molecule has 6 N–H and O–H groups in total. The fraction of sp³-hybridized carbons (Fsp3) is 0.914. The molecule has 3 fully saturated rings. The van der Waals surface area contributed by atoms with E-state index in [1.54, 1.807) is 34.6 Å². The van der Waals surface area contributed by atoms with Gasteiger partial charge in [0, 0.05) is 31.9 Å². The summed E-state index contributed by atoms with van der Waals surface area (Å²) in [5.41, 5.74) is 3.29. The Balaban J connectivity index is 1.82. The lowest BCUT2D eigenvalue weighted by Gasteiger charge is -2.48.